The van der Waals surface area contributed by atoms with Gasteiger partial charge in [-0.3, -0.25) is 10.1 Å². The highest BCUT2D eigenvalue weighted by atomic mass is 79.9. The highest BCUT2D eigenvalue weighted by Crippen LogP contribution is 2.24. The van der Waals surface area contributed by atoms with E-state index in [1.54, 1.807) is 37.3 Å². The van der Waals surface area contributed by atoms with E-state index in [9.17, 15) is 14.9 Å². The molecule has 0 amide bonds. The van der Waals surface area contributed by atoms with E-state index in [2.05, 4.69) is 20.9 Å². The summed E-state index contributed by atoms with van der Waals surface area (Å²) in [6.45, 7) is 2.04. The number of hydrogen-bond donors (Lipinski definition) is 0. The molecule has 0 saturated heterocycles. The minimum atomic E-state index is -0.442. The lowest BCUT2D eigenvalue weighted by atomic mass is 10.1. The Balaban J connectivity index is 2.00. The van der Waals surface area contributed by atoms with Gasteiger partial charge in [-0.1, -0.05) is 22.0 Å². The first-order valence-electron chi connectivity index (χ1n) is 8.18. The highest BCUT2D eigenvalue weighted by molar-refractivity contribution is 9.10. The van der Waals surface area contributed by atoms with E-state index in [0.717, 1.165) is 10.0 Å². The van der Waals surface area contributed by atoms with Gasteiger partial charge < -0.3 is 4.74 Å². The number of halogens is 1. The fourth-order valence-electron chi connectivity index (χ4n) is 2.57. The molecular formula is C20H15BrN2O4. The van der Waals surface area contributed by atoms with Crippen LogP contribution in [-0.2, 0) is 4.74 Å². The molecule has 2 aromatic carbocycles. The highest BCUT2D eigenvalue weighted by Gasteiger charge is 2.14. The number of carbonyl (C=O) groups excluding carboxylic acids is 1. The van der Waals surface area contributed by atoms with E-state index in [0.29, 0.717) is 22.2 Å². The molecule has 3 aromatic rings. The number of esters is 1. The topological polar surface area (TPSA) is 82.3 Å². The van der Waals surface area contributed by atoms with Gasteiger partial charge in [-0.2, -0.15) is 0 Å². The van der Waals surface area contributed by atoms with Crippen LogP contribution in [0.25, 0.3) is 23.1 Å². The molecule has 136 valence electrons. The Labute approximate surface area is 163 Å². The maximum atomic E-state index is 12.3. The second kappa shape index (κ2) is 8.09. The molecule has 0 fully saturated rings. The lowest BCUT2D eigenvalue weighted by Gasteiger charge is -2.08. The molecule has 0 aliphatic rings. The zero-order chi connectivity index (χ0) is 19.4. The third-order valence-corrected chi connectivity index (χ3v) is 4.33. The number of benzene rings is 2. The van der Waals surface area contributed by atoms with Crippen molar-refractivity contribution in [3.05, 3.63) is 79.9 Å². The number of aromatic nitrogens is 1. The van der Waals surface area contributed by atoms with E-state index in [4.69, 9.17) is 4.74 Å². The number of hydrogen-bond acceptors (Lipinski definition) is 5. The van der Waals surface area contributed by atoms with Crippen molar-refractivity contribution in [2.24, 2.45) is 0 Å². The molecule has 0 unspecified atom stereocenters. The van der Waals surface area contributed by atoms with Crippen LogP contribution in [0.2, 0.25) is 0 Å². The van der Waals surface area contributed by atoms with E-state index in [1.165, 1.54) is 12.1 Å². The number of rotatable bonds is 5. The Bertz CT molecular complexity index is 1050. The molecule has 27 heavy (non-hydrogen) atoms. The number of ether oxygens (including phenoxy) is 1. The van der Waals surface area contributed by atoms with Crippen molar-refractivity contribution in [2.75, 3.05) is 6.61 Å². The van der Waals surface area contributed by atoms with Crippen molar-refractivity contribution in [2.45, 2.75) is 6.92 Å². The van der Waals surface area contributed by atoms with Crippen molar-refractivity contribution in [1.29, 1.82) is 0 Å². The Morgan fingerprint density at radius 1 is 1.19 bits per heavy atom. The van der Waals surface area contributed by atoms with Gasteiger partial charge in [0.1, 0.15) is 0 Å². The number of pyridine rings is 1. The molecule has 0 atom stereocenters. The summed E-state index contributed by atoms with van der Waals surface area (Å²) in [5, 5.41) is 11.4. The predicted molar refractivity (Wildman–Crippen MR) is 107 cm³/mol. The van der Waals surface area contributed by atoms with Gasteiger partial charge in [-0.05, 0) is 55.0 Å². The maximum Gasteiger partial charge on any atom is 0.338 e. The fourth-order valence-corrected chi connectivity index (χ4v) is 2.93. The zero-order valence-corrected chi connectivity index (χ0v) is 16.0. The van der Waals surface area contributed by atoms with Gasteiger partial charge in [0, 0.05) is 22.0 Å². The van der Waals surface area contributed by atoms with E-state index in [1.807, 2.05) is 18.2 Å². The number of carbonyl (C=O) groups is 1. The molecular weight excluding hydrogens is 412 g/mol. The molecule has 0 aliphatic carbocycles. The van der Waals surface area contributed by atoms with Gasteiger partial charge in [0.2, 0.25) is 0 Å². The second-order valence-electron chi connectivity index (χ2n) is 5.66. The van der Waals surface area contributed by atoms with Crippen LogP contribution < -0.4 is 0 Å². The van der Waals surface area contributed by atoms with Crippen LogP contribution in [0.3, 0.4) is 0 Å². The summed E-state index contributed by atoms with van der Waals surface area (Å²) in [6, 6.07) is 13.4. The lowest BCUT2D eigenvalue weighted by molar-refractivity contribution is -0.384. The van der Waals surface area contributed by atoms with Crippen molar-refractivity contribution in [3.8, 4) is 0 Å². The molecule has 0 saturated carbocycles. The van der Waals surface area contributed by atoms with Gasteiger partial charge in [0.05, 0.1) is 28.3 Å². The summed E-state index contributed by atoms with van der Waals surface area (Å²) >= 11 is 3.41. The van der Waals surface area contributed by atoms with Crippen LogP contribution in [0, 0.1) is 10.1 Å². The summed E-state index contributed by atoms with van der Waals surface area (Å²) in [7, 11) is 0. The van der Waals surface area contributed by atoms with Crippen LogP contribution >= 0.6 is 15.9 Å². The number of nitro benzene ring substituents is 1. The smallest absolute Gasteiger partial charge is 0.338 e. The normalized spacial score (nSPS) is 11.0. The van der Waals surface area contributed by atoms with Gasteiger partial charge in [0.15, 0.2) is 0 Å². The number of non-ortho nitro benzene ring substituents is 1. The average Bonchev–Trinajstić information content (AvgIpc) is 2.66. The standard InChI is InChI=1S/C20H15BrN2O4/c1-2-27-20(24)18-12-15(22-19-10-6-14(21)11-17(18)19)7-3-13-4-8-16(9-5-13)23(25)26/h3-12H,2H2,1H3/b7-3+. The quantitative estimate of drug-likeness (QED) is 0.316. The number of nitro groups is 1. The fraction of sp³-hybridized carbons (Fsp3) is 0.100. The molecule has 6 nitrogen and oxygen atoms in total. The van der Waals surface area contributed by atoms with Crippen molar-refractivity contribution < 1.29 is 14.5 Å². The zero-order valence-electron chi connectivity index (χ0n) is 14.4. The van der Waals surface area contributed by atoms with Gasteiger partial charge in [-0.25, -0.2) is 9.78 Å². The maximum absolute atomic E-state index is 12.3. The van der Waals surface area contributed by atoms with Crippen molar-refractivity contribution in [1.82, 2.24) is 4.98 Å². The first kappa shape index (κ1) is 18.7. The largest absolute Gasteiger partial charge is 0.462 e. The molecule has 1 aromatic heterocycles. The van der Waals surface area contributed by atoms with E-state index in [-0.39, 0.29) is 12.3 Å². The molecule has 7 heteroatoms. The van der Waals surface area contributed by atoms with Crippen molar-refractivity contribution >= 4 is 50.6 Å². The van der Waals surface area contributed by atoms with Crippen LogP contribution in [0.5, 0.6) is 0 Å². The molecule has 3 rings (SSSR count). The molecule has 0 bridgehead atoms. The van der Waals surface area contributed by atoms with Crippen LogP contribution in [-0.4, -0.2) is 22.5 Å². The third-order valence-electron chi connectivity index (χ3n) is 3.84. The Hall–Kier alpha value is -3.06. The monoisotopic (exact) mass is 426 g/mol. The number of nitrogens with zero attached hydrogens (tertiary/aromatic N) is 2. The van der Waals surface area contributed by atoms with Crippen LogP contribution in [0.1, 0.15) is 28.5 Å². The molecule has 0 aliphatic heterocycles. The molecule has 0 radical (unpaired) electrons. The van der Waals surface area contributed by atoms with Gasteiger partial charge >= 0.3 is 5.97 Å². The minimum absolute atomic E-state index is 0.0335. The minimum Gasteiger partial charge on any atom is -0.462 e. The molecule has 1 heterocycles. The summed E-state index contributed by atoms with van der Waals surface area (Å²) < 4.78 is 6.00. The predicted octanol–water partition coefficient (Wildman–Crippen LogP) is 5.25. The van der Waals surface area contributed by atoms with Crippen molar-refractivity contribution in [3.63, 3.8) is 0 Å². The number of fused-ring (bicyclic) bond motifs is 1. The summed E-state index contributed by atoms with van der Waals surface area (Å²) in [5.41, 5.74) is 2.52. The van der Waals surface area contributed by atoms with Gasteiger partial charge in [-0.15, -0.1) is 0 Å². The second-order valence-corrected chi connectivity index (χ2v) is 6.57. The Morgan fingerprint density at radius 3 is 2.59 bits per heavy atom. The van der Waals surface area contributed by atoms with Crippen LogP contribution in [0.4, 0.5) is 5.69 Å². The SMILES string of the molecule is CCOC(=O)c1cc(/C=C/c2ccc([N+](=O)[O-])cc2)nc2ccc(Br)cc12. The first-order chi connectivity index (χ1) is 13.0. The summed E-state index contributed by atoms with van der Waals surface area (Å²) in [5.74, 6) is -0.409. The molecule has 0 spiro atoms. The van der Waals surface area contributed by atoms with Gasteiger partial charge in [0.25, 0.3) is 5.69 Å². The lowest BCUT2D eigenvalue weighted by Crippen LogP contribution is -2.06. The average molecular weight is 427 g/mol. The van der Waals surface area contributed by atoms with Crippen LogP contribution in [0.15, 0.2) is 53.0 Å². The summed E-state index contributed by atoms with van der Waals surface area (Å²) in [6.07, 6.45) is 3.54. The first-order valence-corrected chi connectivity index (χ1v) is 8.97. The van der Waals surface area contributed by atoms with E-state index < -0.39 is 10.9 Å². The third kappa shape index (κ3) is 4.38. The Kier molecular flexibility index (Phi) is 5.61. The Morgan fingerprint density at radius 2 is 1.93 bits per heavy atom. The molecule has 0 N–H and O–H groups in total. The van der Waals surface area contributed by atoms with E-state index >= 15 is 0 Å². The summed E-state index contributed by atoms with van der Waals surface area (Å²) in [4.78, 5) is 27.2.